The standard InChI is InChI=1S/C17H17ClN4O3/c1-23-15-8-3-12(11-16(15)24-2)17-19-21-22(20-17)9-10-25-14-6-4-13(18)5-7-14/h3-8,11H,9-10H2,1-2H3. The van der Waals surface area contributed by atoms with Crippen molar-refractivity contribution < 1.29 is 14.2 Å². The molecule has 0 amide bonds. The van der Waals surface area contributed by atoms with Gasteiger partial charge in [-0.1, -0.05) is 11.6 Å². The average Bonchev–Trinajstić information content (AvgIpc) is 3.11. The van der Waals surface area contributed by atoms with E-state index >= 15 is 0 Å². The Morgan fingerprint density at radius 1 is 1.00 bits per heavy atom. The third kappa shape index (κ3) is 4.19. The van der Waals surface area contributed by atoms with Crippen molar-refractivity contribution in [2.75, 3.05) is 20.8 Å². The van der Waals surface area contributed by atoms with Crippen LogP contribution < -0.4 is 14.2 Å². The van der Waals surface area contributed by atoms with Crippen molar-refractivity contribution in [3.05, 3.63) is 47.5 Å². The average molecular weight is 361 g/mol. The molecule has 0 atom stereocenters. The number of tetrazole rings is 1. The molecular weight excluding hydrogens is 344 g/mol. The number of halogens is 1. The van der Waals surface area contributed by atoms with Crippen LogP contribution in [0.5, 0.6) is 17.2 Å². The Morgan fingerprint density at radius 2 is 1.76 bits per heavy atom. The molecule has 3 rings (SSSR count). The van der Waals surface area contributed by atoms with Gasteiger partial charge in [0.15, 0.2) is 11.5 Å². The van der Waals surface area contributed by atoms with Gasteiger partial charge in [-0.15, -0.1) is 10.2 Å². The van der Waals surface area contributed by atoms with E-state index in [1.54, 1.807) is 32.4 Å². The predicted molar refractivity (Wildman–Crippen MR) is 93.3 cm³/mol. The maximum atomic E-state index is 5.84. The van der Waals surface area contributed by atoms with E-state index in [0.717, 1.165) is 11.3 Å². The molecular formula is C17H17ClN4O3. The van der Waals surface area contributed by atoms with E-state index in [2.05, 4.69) is 15.4 Å². The van der Waals surface area contributed by atoms with E-state index in [1.807, 2.05) is 24.3 Å². The normalized spacial score (nSPS) is 10.5. The highest BCUT2D eigenvalue weighted by Crippen LogP contribution is 2.30. The highest BCUT2D eigenvalue weighted by atomic mass is 35.5. The minimum Gasteiger partial charge on any atom is -0.493 e. The molecule has 1 heterocycles. The van der Waals surface area contributed by atoms with Gasteiger partial charge >= 0.3 is 0 Å². The van der Waals surface area contributed by atoms with Crippen LogP contribution in [0.4, 0.5) is 0 Å². The smallest absolute Gasteiger partial charge is 0.205 e. The number of hydrogen-bond acceptors (Lipinski definition) is 6. The molecule has 0 aliphatic carbocycles. The second-order valence-electron chi connectivity index (χ2n) is 5.08. The molecule has 8 heteroatoms. The molecule has 1 aromatic heterocycles. The van der Waals surface area contributed by atoms with E-state index in [0.29, 0.717) is 35.5 Å². The number of ether oxygens (including phenoxy) is 3. The van der Waals surface area contributed by atoms with Crippen LogP contribution in [-0.2, 0) is 6.54 Å². The lowest BCUT2D eigenvalue weighted by molar-refractivity contribution is 0.280. The molecule has 0 saturated carbocycles. The van der Waals surface area contributed by atoms with E-state index in [9.17, 15) is 0 Å². The first-order chi connectivity index (χ1) is 12.2. The fourth-order valence-corrected chi connectivity index (χ4v) is 2.33. The molecule has 0 bridgehead atoms. The van der Waals surface area contributed by atoms with Gasteiger partial charge in [-0.3, -0.25) is 0 Å². The van der Waals surface area contributed by atoms with Gasteiger partial charge in [-0.25, -0.2) is 0 Å². The second kappa shape index (κ2) is 7.85. The summed E-state index contributed by atoms with van der Waals surface area (Å²) in [7, 11) is 3.17. The Balaban J connectivity index is 1.63. The highest BCUT2D eigenvalue weighted by molar-refractivity contribution is 6.30. The van der Waals surface area contributed by atoms with Crippen LogP contribution in [-0.4, -0.2) is 41.0 Å². The Hall–Kier alpha value is -2.80. The van der Waals surface area contributed by atoms with Crippen molar-refractivity contribution in [3.8, 4) is 28.6 Å². The van der Waals surface area contributed by atoms with Crippen molar-refractivity contribution >= 4 is 11.6 Å². The number of methoxy groups -OCH3 is 2. The van der Waals surface area contributed by atoms with Gasteiger partial charge in [-0.05, 0) is 47.7 Å². The van der Waals surface area contributed by atoms with Crippen LogP contribution >= 0.6 is 11.6 Å². The lowest BCUT2D eigenvalue weighted by Gasteiger charge is -2.07. The fraction of sp³-hybridized carbons (Fsp3) is 0.235. The topological polar surface area (TPSA) is 71.3 Å². The largest absolute Gasteiger partial charge is 0.493 e. The fourth-order valence-electron chi connectivity index (χ4n) is 2.20. The van der Waals surface area contributed by atoms with E-state index in [-0.39, 0.29) is 0 Å². The third-order valence-corrected chi connectivity index (χ3v) is 3.72. The van der Waals surface area contributed by atoms with Crippen LogP contribution in [0, 0.1) is 0 Å². The van der Waals surface area contributed by atoms with Gasteiger partial charge in [0, 0.05) is 10.6 Å². The molecule has 7 nitrogen and oxygen atoms in total. The Kier molecular flexibility index (Phi) is 5.35. The molecule has 0 fully saturated rings. The third-order valence-electron chi connectivity index (χ3n) is 3.47. The molecule has 0 spiro atoms. The number of hydrogen-bond donors (Lipinski definition) is 0. The summed E-state index contributed by atoms with van der Waals surface area (Å²) in [6.45, 7) is 0.895. The summed E-state index contributed by atoms with van der Waals surface area (Å²) < 4.78 is 16.1. The van der Waals surface area contributed by atoms with Crippen LogP contribution in [0.1, 0.15) is 0 Å². The molecule has 0 unspecified atom stereocenters. The summed E-state index contributed by atoms with van der Waals surface area (Å²) in [5, 5.41) is 13.1. The summed E-state index contributed by atoms with van der Waals surface area (Å²) in [6.07, 6.45) is 0. The molecule has 0 aliphatic heterocycles. The van der Waals surface area contributed by atoms with Crippen LogP contribution in [0.25, 0.3) is 11.4 Å². The van der Waals surface area contributed by atoms with E-state index in [1.165, 1.54) is 4.80 Å². The van der Waals surface area contributed by atoms with Gasteiger partial charge < -0.3 is 14.2 Å². The van der Waals surface area contributed by atoms with Gasteiger partial charge in [0.25, 0.3) is 0 Å². The first-order valence-corrected chi connectivity index (χ1v) is 7.96. The number of aromatic nitrogens is 4. The molecule has 0 aliphatic rings. The molecule has 0 radical (unpaired) electrons. The number of nitrogens with zero attached hydrogens (tertiary/aromatic N) is 4. The monoisotopic (exact) mass is 360 g/mol. The minimum atomic E-state index is 0.420. The molecule has 2 aromatic carbocycles. The molecule has 25 heavy (non-hydrogen) atoms. The lowest BCUT2D eigenvalue weighted by atomic mass is 10.2. The van der Waals surface area contributed by atoms with Gasteiger partial charge in [-0.2, -0.15) is 4.80 Å². The number of benzene rings is 2. The SMILES string of the molecule is COc1ccc(-c2nnn(CCOc3ccc(Cl)cc3)n2)cc1OC. The maximum absolute atomic E-state index is 5.84. The van der Waals surface area contributed by atoms with Gasteiger partial charge in [0.05, 0.1) is 20.8 Å². The Bertz CT molecular complexity index is 836. The summed E-state index contributed by atoms with van der Waals surface area (Å²) >= 11 is 5.84. The highest BCUT2D eigenvalue weighted by Gasteiger charge is 2.10. The van der Waals surface area contributed by atoms with Crippen LogP contribution in [0.15, 0.2) is 42.5 Å². The van der Waals surface area contributed by atoms with Crippen molar-refractivity contribution in [1.82, 2.24) is 20.2 Å². The first kappa shape index (κ1) is 17.0. The molecule has 3 aromatic rings. The molecule has 0 N–H and O–H groups in total. The van der Waals surface area contributed by atoms with E-state index in [4.69, 9.17) is 25.8 Å². The zero-order valence-corrected chi connectivity index (χ0v) is 14.6. The van der Waals surface area contributed by atoms with Crippen molar-refractivity contribution in [2.45, 2.75) is 6.54 Å². The second-order valence-corrected chi connectivity index (χ2v) is 5.52. The van der Waals surface area contributed by atoms with Crippen LogP contribution in [0.2, 0.25) is 5.02 Å². The quantitative estimate of drug-likeness (QED) is 0.644. The Morgan fingerprint density at radius 3 is 2.48 bits per heavy atom. The van der Waals surface area contributed by atoms with Crippen molar-refractivity contribution in [1.29, 1.82) is 0 Å². The van der Waals surface area contributed by atoms with Gasteiger partial charge in [0.1, 0.15) is 12.4 Å². The minimum absolute atomic E-state index is 0.420. The zero-order valence-electron chi connectivity index (χ0n) is 13.8. The van der Waals surface area contributed by atoms with Crippen molar-refractivity contribution in [3.63, 3.8) is 0 Å². The summed E-state index contributed by atoms with van der Waals surface area (Å²) in [5.74, 6) is 2.51. The van der Waals surface area contributed by atoms with Crippen molar-refractivity contribution in [2.24, 2.45) is 0 Å². The summed E-state index contributed by atoms with van der Waals surface area (Å²) in [4.78, 5) is 1.49. The van der Waals surface area contributed by atoms with Crippen LogP contribution in [0.3, 0.4) is 0 Å². The van der Waals surface area contributed by atoms with E-state index < -0.39 is 0 Å². The lowest BCUT2D eigenvalue weighted by Crippen LogP contribution is -2.11. The Labute approximate surface area is 150 Å². The molecule has 0 saturated heterocycles. The summed E-state index contributed by atoms with van der Waals surface area (Å²) in [6, 6.07) is 12.6. The number of rotatable bonds is 7. The first-order valence-electron chi connectivity index (χ1n) is 7.58. The summed E-state index contributed by atoms with van der Waals surface area (Å²) in [5.41, 5.74) is 0.794. The molecule has 130 valence electrons. The predicted octanol–water partition coefficient (Wildman–Crippen LogP) is 3.09. The zero-order chi connectivity index (χ0) is 17.6. The van der Waals surface area contributed by atoms with Gasteiger partial charge in [0.2, 0.25) is 5.82 Å². The maximum Gasteiger partial charge on any atom is 0.205 e.